The van der Waals surface area contributed by atoms with Crippen molar-refractivity contribution in [2.75, 3.05) is 12.9 Å². The second-order valence-electron chi connectivity index (χ2n) is 4.29. The molecule has 0 bridgehead atoms. The Morgan fingerprint density at radius 1 is 1.21 bits per heavy atom. The highest BCUT2D eigenvalue weighted by Gasteiger charge is 1.97. The molecular formula is C14H19N3OS. The molecule has 0 amide bonds. The Hall–Kier alpha value is -1.49. The lowest BCUT2D eigenvalue weighted by molar-refractivity contribution is 0.414. The number of hydrogen-bond donors (Lipinski definition) is 1. The van der Waals surface area contributed by atoms with Gasteiger partial charge >= 0.3 is 0 Å². The zero-order chi connectivity index (χ0) is 13.3. The van der Waals surface area contributed by atoms with Crippen molar-refractivity contribution in [2.45, 2.75) is 25.0 Å². The maximum Gasteiger partial charge on any atom is 0.137 e. The lowest BCUT2D eigenvalue weighted by Crippen LogP contribution is -1.90. The molecule has 0 spiro atoms. The van der Waals surface area contributed by atoms with Gasteiger partial charge in [0, 0.05) is 12.2 Å². The Balaban J connectivity index is 1.56. The summed E-state index contributed by atoms with van der Waals surface area (Å²) in [5.41, 5.74) is 1.35. The van der Waals surface area contributed by atoms with Crippen molar-refractivity contribution in [1.29, 1.82) is 0 Å². The molecule has 0 saturated heterocycles. The van der Waals surface area contributed by atoms with Gasteiger partial charge in [-0.15, -0.1) is 0 Å². The van der Waals surface area contributed by atoms with Gasteiger partial charge in [-0.25, -0.2) is 4.98 Å². The van der Waals surface area contributed by atoms with Crippen molar-refractivity contribution in [2.24, 2.45) is 0 Å². The maximum absolute atomic E-state index is 5.14. The van der Waals surface area contributed by atoms with Gasteiger partial charge in [0.1, 0.15) is 17.9 Å². The van der Waals surface area contributed by atoms with E-state index < -0.39 is 0 Å². The van der Waals surface area contributed by atoms with E-state index in [1.807, 2.05) is 23.9 Å². The fraction of sp³-hybridized carbons (Fsp3) is 0.429. The quantitative estimate of drug-likeness (QED) is 0.753. The summed E-state index contributed by atoms with van der Waals surface area (Å²) in [4.78, 5) is 4.11. The third-order valence-corrected chi connectivity index (χ3v) is 3.96. The zero-order valence-corrected chi connectivity index (χ0v) is 11.9. The normalized spacial score (nSPS) is 10.6. The number of nitrogens with zero attached hydrogens (tertiary/aromatic N) is 2. The van der Waals surface area contributed by atoms with Crippen LogP contribution in [0.2, 0.25) is 0 Å². The summed E-state index contributed by atoms with van der Waals surface area (Å²) in [6, 6.07) is 8.28. The Bertz CT molecular complexity index is 456. The van der Waals surface area contributed by atoms with E-state index >= 15 is 0 Å². The van der Waals surface area contributed by atoms with Crippen LogP contribution >= 0.6 is 11.8 Å². The highest BCUT2D eigenvalue weighted by Crippen LogP contribution is 2.17. The van der Waals surface area contributed by atoms with E-state index in [1.165, 1.54) is 17.7 Å². The average molecular weight is 277 g/mol. The number of H-pyrrole nitrogens is 1. The summed E-state index contributed by atoms with van der Waals surface area (Å²) in [5, 5.41) is 6.72. The molecule has 0 unspecified atom stereocenters. The van der Waals surface area contributed by atoms with Gasteiger partial charge in [0.25, 0.3) is 0 Å². The number of aromatic amines is 1. The molecule has 4 nitrogen and oxygen atoms in total. The Kier molecular flexibility index (Phi) is 5.75. The van der Waals surface area contributed by atoms with Crippen molar-refractivity contribution in [1.82, 2.24) is 15.2 Å². The Morgan fingerprint density at radius 2 is 2.05 bits per heavy atom. The summed E-state index contributed by atoms with van der Waals surface area (Å²) < 4.78 is 5.14. The van der Waals surface area contributed by atoms with Crippen molar-refractivity contribution in [3.8, 4) is 5.75 Å². The van der Waals surface area contributed by atoms with Crippen LogP contribution in [0.3, 0.4) is 0 Å². The van der Waals surface area contributed by atoms with E-state index in [4.69, 9.17) is 4.74 Å². The van der Waals surface area contributed by atoms with Crippen molar-refractivity contribution in [3.63, 3.8) is 0 Å². The third-order valence-electron chi connectivity index (χ3n) is 2.84. The van der Waals surface area contributed by atoms with Gasteiger partial charge in [0.15, 0.2) is 0 Å². The standard InChI is InChI=1S/C14H19N3OS/c1-18-13-7-5-12(6-8-13)10-19-9-3-2-4-14-15-11-16-17-14/h5-8,11H,2-4,9-10H2,1H3,(H,15,16,17). The van der Waals surface area contributed by atoms with E-state index in [9.17, 15) is 0 Å². The van der Waals surface area contributed by atoms with Crippen molar-refractivity contribution in [3.05, 3.63) is 42.0 Å². The molecule has 1 aromatic heterocycles. The highest BCUT2D eigenvalue weighted by molar-refractivity contribution is 7.98. The fourth-order valence-electron chi connectivity index (χ4n) is 1.76. The molecule has 2 rings (SSSR count). The van der Waals surface area contributed by atoms with E-state index in [2.05, 4.69) is 27.3 Å². The number of methoxy groups -OCH3 is 1. The number of nitrogens with one attached hydrogen (secondary N) is 1. The Labute approximate surface area is 118 Å². The second kappa shape index (κ2) is 7.84. The number of benzene rings is 1. The summed E-state index contributed by atoms with van der Waals surface area (Å²) in [6.45, 7) is 0. The second-order valence-corrected chi connectivity index (χ2v) is 5.40. The lowest BCUT2D eigenvalue weighted by atomic mass is 10.2. The smallest absolute Gasteiger partial charge is 0.137 e. The van der Waals surface area contributed by atoms with Crippen LogP contribution in [-0.4, -0.2) is 28.0 Å². The van der Waals surface area contributed by atoms with Gasteiger partial charge in [-0.05, 0) is 36.3 Å². The van der Waals surface area contributed by atoms with Gasteiger partial charge in [-0.1, -0.05) is 12.1 Å². The average Bonchev–Trinajstić information content (AvgIpc) is 2.96. The van der Waals surface area contributed by atoms with Crippen LogP contribution < -0.4 is 4.74 Å². The van der Waals surface area contributed by atoms with E-state index in [1.54, 1.807) is 13.4 Å². The molecule has 0 atom stereocenters. The molecule has 0 saturated carbocycles. The monoisotopic (exact) mass is 277 g/mol. The van der Waals surface area contributed by atoms with Crippen LogP contribution in [0.4, 0.5) is 0 Å². The molecule has 1 heterocycles. The number of thioether (sulfide) groups is 1. The topological polar surface area (TPSA) is 50.8 Å². The van der Waals surface area contributed by atoms with E-state index in [0.29, 0.717) is 0 Å². The first kappa shape index (κ1) is 13.9. The van der Waals surface area contributed by atoms with Gasteiger partial charge in [-0.3, -0.25) is 5.10 Å². The summed E-state index contributed by atoms with van der Waals surface area (Å²) in [6.07, 6.45) is 4.92. The molecule has 0 aliphatic heterocycles. The van der Waals surface area contributed by atoms with Crippen LogP contribution in [0.25, 0.3) is 0 Å². The minimum absolute atomic E-state index is 0.917. The predicted molar refractivity (Wildman–Crippen MR) is 78.5 cm³/mol. The van der Waals surface area contributed by atoms with Gasteiger partial charge in [-0.2, -0.15) is 16.9 Å². The number of unbranched alkanes of at least 4 members (excludes halogenated alkanes) is 1. The number of rotatable bonds is 8. The number of aromatic nitrogens is 3. The van der Waals surface area contributed by atoms with E-state index in [-0.39, 0.29) is 0 Å². The molecule has 5 heteroatoms. The number of aryl methyl sites for hydroxylation is 1. The summed E-state index contributed by atoms with van der Waals surface area (Å²) in [7, 11) is 1.69. The van der Waals surface area contributed by atoms with Gasteiger partial charge < -0.3 is 4.74 Å². The molecule has 0 fully saturated rings. The van der Waals surface area contributed by atoms with Crippen LogP contribution in [0.15, 0.2) is 30.6 Å². The highest BCUT2D eigenvalue weighted by atomic mass is 32.2. The zero-order valence-electron chi connectivity index (χ0n) is 11.1. The van der Waals surface area contributed by atoms with Gasteiger partial charge in [0.2, 0.25) is 0 Å². The number of ether oxygens (including phenoxy) is 1. The van der Waals surface area contributed by atoms with Crippen LogP contribution in [0, 0.1) is 0 Å². The molecule has 0 aliphatic rings. The molecule has 1 aromatic carbocycles. The molecule has 1 N–H and O–H groups in total. The first-order chi connectivity index (χ1) is 9.38. The minimum Gasteiger partial charge on any atom is -0.497 e. The maximum atomic E-state index is 5.14. The van der Waals surface area contributed by atoms with Crippen LogP contribution in [-0.2, 0) is 12.2 Å². The number of hydrogen-bond acceptors (Lipinski definition) is 4. The molecule has 0 radical (unpaired) electrons. The third kappa shape index (κ3) is 4.95. The summed E-state index contributed by atoms with van der Waals surface area (Å²) in [5.74, 6) is 4.15. The molecule has 2 aromatic rings. The molecular weight excluding hydrogens is 258 g/mol. The molecule has 0 aliphatic carbocycles. The predicted octanol–water partition coefficient (Wildman–Crippen LogP) is 3.07. The first-order valence-corrected chi connectivity index (χ1v) is 7.59. The van der Waals surface area contributed by atoms with Gasteiger partial charge in [0.05, 0.1) is 7.11 Å². The largest absolute Gasteiger partial charge is 0.497 e. The lowest BCUT2D eigenvalue weighted by Gasteiger charge is -2.03. The van der Waals surface area contributed by atoms with Crippen molar-refractivity contribution >= 4 is 11.8 Å². The molecule has 102 valence electrons. The van der Waals surface area contributed by atoms with Crippen LogP contribution in [0.5, 0.6) is 5.75 Å². The SMILES string of the molecule is COc1ccc(CSCCCCc2ncn[nH]2)cc1. The summed E-state index contributed by atoms with van der Waals surface area (Å²) >= 11 is 1.97. The Morgan fingerprint density at radius 3 is 2.74 bits per heavy atom. The fourth-order valence-corrected chi connectivity index (χ4v) is 2.74. The molecule has 19 heavy (non-hydrogen) atoms. The minimum atomic E-state index is 0.917. The van der Waals surface area contributed by atoms with Crippen molar-refractivity contribution < 1.29 is 4.74 Å². The van der Waals surface area contributed by atoms with Crippen LogP contribution in [0.1, 0.15) is 24.2 Å². The first-order valence-electron chi connectivity index (χ1n) is 6.43. The van der Waals surface area contributed by atoms with E-state index in [0.717, 1.165) is 30.2 Å².